The smallest absolute Gasteiger partial charge is 0.222 e. The summed E-state index contributed by atoms with van der Waals surface area (Å²) in [4.78, 5) is 10.8. The molecule has 17 heavy (non-hydrogen) atoms. The van der Waals surface area contributed by atoms with E-state index >= 15 is 0 Å². The molecule has 3 heterocycles. The highest BCUT2D eigenvalue weighted by molar-refractivity contribution is 6.35. The first kappa shape index (κ1) is 10.2. The van der Waals surface area contributed by atoms with Crippen molar-refractivity contribution >= 4 is 22.6 Å². The Morgan fingerprint density at radius 1 is 1.18 bits per heavy atom. The Morgan fingerprint density at radius 3 is 2.82 bits per heavy atom. The fourth-order valence-electron chi connectivity index (χ4n) is 1.73. The van der Waals surface area contributed by atoms with Crippen LogP contribution in [0.4, 0.5) is 4.39 Å². The number of fused-ring (bicyclic) bond motifs is 1. The summed E-state index contributed by atoms with van der Waals surface area (Å²) in [6, 6.07) is 6.80. The van der Waals surface area contributed by atoms with E-state index in [2.05, 4.69) is 15.0 Å². The van der Waals surface area contributed by atoms with Gasteiger partial charge in [0.15, 0.2) is 0 Å². The number of nitrogens with one attached hydrogen (secondary N) is 1. The molecule has 0 atom stereocenters. The minimum atomic E-state index is -0.518. The number of rotatable bonds is 1. The van der Waals surface area contributed by atoms with Crippen molar-refractivity contribution in [2.45, 2.75) is 0 Å². The van der Waals surface area contributed by atoms with Crippen LogP contribution in [0, 0.1) is 5.95 Å². The summed E-state index contributed by atoms with van der Waals surface area (Å²) < 4.78 is 13.5. The number of aromatic amines is 1. The van der Waals surface area contributed by atoms with Crippen molar-refractivity contribution in [3.8, 4) is 11.3 Å². The van der Waals surface area contributed by atoms with E-state index in [1.54, 1.807) is 30.5 Å². The molecule has 84 valence electrons. The molecule has 0 amide bonds. The van der Waals surface area contributed by atoms with Crippen LogP contribution in [0.5, 0.6) is 0 Å². The Hall–Kier alpha value is -1.94. The van der Waals surface area contributed by atoms with Gasteiger partial charge in [-0.15, -0.1) is 0 Å². The molecular formula is C12H7ClFN3. The maximum absolute atomic E-state index is 13.5. The second kappa shape index (κ2) is 3.82. The Balaban J connectivity index is 2.26. The third-order valence-electron chi connectivity index (χ3n) is 2.53. The largest absolute Gasteiger partial charge is 0.339 e. The summed E-state index contributed by atoms with van der Waals surface area (Å²) in [5.41, 5.74) is 1.66. The van der Waals surface area contributed by atoms with Crippen LogP contribution in [0.25, 0.3) is 22.3 Å². The lowest BCUT2D eigenvalue weighted by Crippen LogP contribution is -1.87. The van der Waals surface area contributed by atoms with Crippen molar-refractivity contribution in [2.75, 3.05) is 0 Å². The molecular weight excluding hydrogens is 241 g/mol. The van der Waals surface area contributed by atoms with Gasteiger partial charge in [-0.05, 0) is 24.3 Å². The van der Waals surface area contributed by atoms with Gasteiger partial charge in [-0.25, -0.2) is 9.97 Å². The molecule has 3 nitrogen and oxygen atoms in total. The molecule has 0 aliphatic carbocycles. The number of hydrogen-bond acceptors (Lipinski definition) is 2. The average Bonchev–Trinajstić information content (AvgIpc) is 2.75. The molecule has 0 saturated heterocycles. The van der Waals surface area contributed by atoms with Crippen molar-refractivity contribution in [1.29, 1.82) is 0 Å². The van der Waals surface area contributed by atoms with Gasteiger partial charge in [0.25, 0.3) is 0 Å². The number of aromatic nitrogens is 3. The standard InChI is InChI=1S/C12H7ClFN3/c13-9-3-5-16-12-8(9)6-10(17-12)7-2-1-4-15-11(7)14/h1-6H,(H,16,17). The molecule has 0 unspecified atom stereocenters. The molecule has 3 aromatic heterocycles. The van der Waals surface area contributed by atoms with E-state index in [9.17, 15) is 4.39 Å². The van der Waals surface area contributed by atoms with Gasteiger partial charge in [-0.3, -0.25) is 0 Å². The maximum Gasteiger partial charge on any atom is 0.222 e. The SMILES string of the molecule is Fc1ncccc1-c1cc2c(Cl)ccnc2[nH]1. The van der Waals surface area contributed by atoms with Gasteiger partial charge in [-0.2, -0.15) is 4.39 Å². The molecule has 0 spiro atoms. The molecule has 0 bridgehead atoms. The van der Waals surface area contributed by atoms with Crippen molar-refractivity contribution < 1.29 is 4.39 Å². The predicted octanol–water partition coefficient (Wildman–Crippen LogP) is 3.42. The van der Waals surface area contributed by atoms with Gasteiger partial charge in [0.05, 0.1) is 16.3 Å². The van der Waals surface area contributed by atoms with Crippen LogP contribution in [0.3, 0.4) is 0 Å². The van der Waals surface area contributed by atoms with Crippen LogP contribution in [0.15, 0.2) is 36.7 Å². The normalized spacial score (nSPS) is 10.9. The summed E-state index contributed by atoms with van der Waals surface area (Å²) in [6.07, 6.45) is 3.01. The highest BCUT2D eigenvalue weighted by Crippen LogP contribution is 2.28. The van der Waals surface area contributed by atoms with Crippen molar-refractivity contribution in [3.63, 3.8) is 0 Å². The van der Waals surface area contributed by atoms with Crippen LogP contribution in [0.2, 0.25) is 5.02 Å². The number of hydrogen-bond donors (Lipinski definition) is 1. The fourth-order valence-corrected chi connectivity index (χ4v) is 1.93. The van der Waals surface area contributed by atoms with E-state index in [-0.39, 0.29) is 0 Å². The summed E-state index contributed by atoms with van der Waals surface area (Å²) in [5, 5.41) is 1.36. The van der Waals surface area contributed by atoms with Gasteiger partial charge in [0.2, 0.25) is 5.95 Å². The van der Waals surface area contributed by atoms with E-state index in [1.807, 2.05) is 0 Å². The molecule has 0 aliphatic rings. The minimum Gasteiger partial charge on any atom is -0.339 e. The number of pyridine rings is 2. The highest BCUT2D eigenvalue weighted by Gasteiger charge is 2.10. The van der Waals surface area contributed by atoms with Crippen LogP contribution in [-0.4, -0.2) is 15.0 Å². The molecule has 0 aromatic carbocycles. The minimum absolute atomic E-state index is 0.404. The Kier molecular flexibility index (Phi) is 2.30. The Labute approximate surface area is 101 Å². The lowest BCUT2D eigenvalue weighted by Gasteiger charge is -1.97. The Morgan fingerprint density at radius 2 is 2.06 bits per heavy atom. The molecule has 0 saturated carbocycles. The zero-order valence-corrected chi connectivity index (χ0v) is 9.37. The monoisotopic (exact) mass is 247 g/mol. The van der Waals surface area contributed by atoms with E-state index in [1.165, 1.54) is 6.20 Å². The van der Waals surface area contributed by atoms with Crippen LogP contribution in [-0.2, 0) is 0 Å². The van der Waals surface area contributed by atoms with E-state index in [0.717, 1.165) is 5.39 Å². The summed E-state index contributed by atoms with van der Waals surface area (Å²) in [6.45, 7) is 0. The first-order chi connectivity index (χ1) is 8.25. The summed E-state index contributed by atoms with van der Waals surface area (Å²) >= 11 is 6.03. The number of nitrogens with zero attached hydrogens (tertiary/aromatic N) is 2. The zero-order valence-electron chi connectivity index (χ0n) is 8.61. The van der Waals surface area contributed by atoms with E-state index in [4.69, 9.17) is 11.6 Å². The van der Waals surface area contributed by atoms with Crippen molar-refractivity contribution in [1.82, 2.24) is 15.0 Å². The fraction of sp³-hybridized carbons (Fsp3) is 0. The third kappa shape index (κ3) is 1.66. The molecule has 0 aliphatic heterocycles. The number of halogens is 2. The summed E-state index contributed by atoms with van der Waals surface area (Å²) in [7, 11) is 0. The van der Waals surface area contributed by atoms with Crippen LogP contribution in [0.1, 0.15) is 0 Å². The van der Waals surface area contributed by atoms with E-state index in [0.29, 0.717) is 21.9 Å². The first-order valence-electron chi connectivity index (χ1n) is 5.00. The van der Waals surface area contributed by atoms with Gasteiger partial charge in [-0.1, -0.05) is 11.6 Å². The van der Waals surface area contributed by atoms with E-state index < -0.39 is 5.95 Å². The average molecular weight is 248 g/mol. The maximum atomic E-state index is 13.5. The zero-order chi connectivity index (χ0) is 11.8. The quantitative estimate of drug-likeness (QED) is 0.670. The van der Waals surface area contributed by atoms with Crippen LogP contribution < -0.4 is 0 Å². The second-order valence-electron chi connectivity index (χ2n) is 3.58. The van der Waals surface area contributed by atoms with Gasteiger partial charge in [0, 0.05) is 17.8 Å². The predicted molar refractivity (Wildman–Crippen MR) is 64.3 cm³/mol. The lowest BCUT2D eigenvalue weighted by molar-refractivity contribution is 0.587. The second-order valence-corrected chi connectivity index (χ2v) is 3.99. The molecule has 0 radical (unpaired) electrons. The molecule has 3 rings (SSSR count). The number of H-pyrrole nitrogens is 1. The third-order valence-corrected chi connectivity index (χ3v) is 2.86. The molecule has 5 heteroatoms. The van der Waals surface area contributed by atoms with Gasteiger partial charge >= 0.3 is 0 Å². The molecule has 1 N–H and O–H groups in total. The van der Waals surface area contributed by atoms with Crippen LogP contribution >= 0.6 is 11.6 Å². The molecule has 0 fully saturated rings. The topological polar surface area (TPSA) is 41.6 Å². The van der Waals surface area contributed by atoms with Crippen molar-refractivity contribution in [2.24, 2.45) is 0 Å². The first-order valence-corrected chi connectivity index (χ1v) is 5.37. The summed E-state index contributed by atoms with van der Waals surface area (Å²) in [5.74, 6) is -0.518. The van der Waals surface area contributed by atoms with Gasteiger partial charge in [0.1, 0.15) is 5.65 Å². The highest BCUT2D eigenvalue weighted by atomic mass is 35.5. The van der Waals surface area contributed by atoms with Gasteiger partial charge < -0.3 is 4.98 Å². The molecule has 3 aromatic rings. The Bertz CT molecular complexity index is 693. The lowest BCUT2D eigenvalue weighted by atomic mass is 10.2. The van der Waals surface area contributed by atoms with Crippen molar-refractivity contribution in [3.05, 3.63) is 47.6 Å².